The highest BCUT2D eigenvalue weighted by Crippen LogP contribution is 2.12. The fourth-order valence-electron chi connectivity index (χ4n) is 0.949. The first-order valence-electron chi connectivity index (χ1n) is 3.90. The van der Waals surface area contributed by atoms with E-state index in [-0.39, 0.29) is 0 Å². The summed E-state index contributed by atoms with van der Waals surface area (Å²) in [7, 11) is 4.41. The van der Waals surface area contributed by atoms with Crippen molar-refractivity contribution in [2.24, 2.45) is 0 Å². The van der Waals surface area contributed by atoms with Crippen molar-refractivity contribution in [3.63, 3.8) is 0 Å². The summed E-state index contributed by atoms with van der Waals surface area (Å²) >= 11 is 0. The van der Waals surface area contributed by atoms with Gasteiger partial charge in [-0.3, -0.25) is 0 Å². The van der Waals surface area contributed by atoms with Crippen LogP contribution in [0.2, 0.25) is 6.04 Å². The first kappa shape index (κ1) is 11.1. The maximum absolute atomic E-state index is 5.16. The Bertz CT molecular complexity index is 85.4. The van der Waals surface area contributed by atoms with E-state index in [1.54, 1.807) is 21.3 Å². The van der Waals surface area contributed by atoms with E-state index in [0.29, 0.717) is 0 Å². The average molecular weight is 178 g/mol. The van der Waals surface area contributed by atoms with Gasteiger partial charge in [0.05, 0.1) is 0 Å². The molecule has 0 atom stereocenters. The number of ether oxygens (including phenoxy) is 3. The van der Waals surface area contributed by atoms with Crippen molar-refractivity contribution in [1.29, 1.82) is 0 Å². The van der Waals surface area contributed by atoms with E-state index >= 15 is 0 Å². The quantitative estimate of drug-likeness (QED) is 0.439. The molecule has 0 aromatic rings. The number of hydrogen-bond donors (Lipinski definition) is 0. The molecule has 0 aromatic heterocycles. The third kappa shape index (κ3) is 3.33. The molecule has 11 heavy (non-hydrogen) atoms. The Morgan fingerprint density at radius 1 is 1.09 bits per heavy atom. The normalized spacial score (nSPS) is 13.1. The topological polar surface area (TPSA) is 27.7 Å². The third-order valence-corrected chi connectivity index (χ3v) is 4.31. The van der Waals surface area contributed by atoms with Crippen molar-refractivity contribution in [3.05, 3.63) is 0 Å². The van der Waals surface area contributed by atoms with Crippen molar-refractivity contribution < 1.29 is 14.2 Å². The molecule has 0 aromatic carbocycles. The summed E-state index contributed by atoms with van der Waals surface area (Å²) in [6.07, 6.45) is 1.17. The summed E-state index contributed by atoms with van der Waals surface area (Å²) in [5.41, 5.74) is -0.685. The molecule has 0 aliphatic heterocycles. The summed E-state index contributed by atoms with van der Waals surface area (Å²) in [4.78, 5) is 0. The molecule has 0 saturated heterocycles. The van der Waals surface area contributed by atoms with Crippen LogP contribution in [-0.4, -0.2) is 36.4 Å². The molecule has 0 spiro atoms. The zero-order valence-electron chi connectivity index (χ0n) is 7.85. The molecule has 0 rings (SSSR count). The highest BCUT2D eigenvalue weighted by molar-refractivity contribution is 6.38. The molecule has 0 amide bonds. The van der Waals surface area contributed by atoms with E-state index in [2.05, 4.69) is 6.92 Å². The number of methoxy groups -OCH3 is 3. The smallest absolute Gasteiger partial charge is 0.248 e. The summed E-state index contributed by atoms with van der Waals surface area (Å²) in [6.45, 7) is 2.15. The van der Waals surface area contributed by atoms with Gasteiger partial charge in [-0.2, -0.15) is 0 Å². The number of rotatable bonds is 6. The van der Waals surface area contributed by atoms with Gasteiger partial charge in [-0.1, -0.05) is 19.4 Å². The maximum Gasteiger partial charge on any atom is 0.248 e. The minimum absolute atomic E-state index is 0.448. The Hall–Kier alpha value is 0.0969. The Morgan fingerprint density at radius 2 is 1.55 bits per heavy atom. The first-order valence-corrected chi connectivity index (χ1v) is 5.60. The van der Waals surface area contributed by atoms with Crippen LogP contribution in [0.5, 0.6) is 0 Å². The van der Waals surface area contributed by atoms with Gasteiger partial charge in [-0.25, -0.2) is 0 Å². The summed E-state index contributed by atoms with van der Waals surface area (Å²) in [6, 6.07) is 1.18. The van der Waals surface area contributed by atoms with Gasteiger partial charge in [0.1, 0.15) is 9.52 Å². The molecule has 0 bridgehead atoms. The largest absolute Gasteiger partial charge is 0.335 e. The molecule has 0 heterocycles. The van der Waals surface area contributed by atoms with Crippen molar-refractivity contribution in [2.45, 2.75) is 25.0 Å². The van der Waals surface area contributed by atoms with Crippen LogP contribution in [0.15, 0.2) is 0 Å². The SMILES string of the molecule is CCC[SiH2]C(OC)(OC)OC. The van der Waals surface area contributed by atoms with Gasteiger partial charge in [-0.05, 0) is 0 Å². The van der Waals surface area contributed by atoms with Crippen LogP contribution < -0.4 is 0 Å². The van der Waals surface area contributed by atoms with Crippen LogP contribution in [0.3, 0.4) is 0 Å². The molecule has 0 aliphatic rings. The van der Waals surface area contributed by atoms with Gasteiger partial charge in [0.25, 0.3) is 0 Å². The monoisotopic (exact) mass is 178 g/mol. The van der Waals surface area contributed by atoms with Crippen molar-refractivity contribution >= 4 is 9.52 Å². The van der Waals surface area contributed by atoms with E-state index in [4.69, 9.17) is 14.2 Å². The van der Waals surface area contributed by atoms with Crippen LogP contribution in [0.25, 0.3) is 0 Å². The lowest BCUT2D eigenvalue weighted by molar-refractivity contribution is -0.294. The molecule has 0 radical (unpaired) electrons. The van der Waals surface area contributed by atoms with E-state index in [0.717, 1.165) is 0 Å². The molecular weight excluding hydrogens is 160 g/mol. The summed E-state index contributed by atoms with van der Waals surface area (Å²) < 4.78 is 15.5. The van der Waals surface area contributed by atoms with Crippen molar-refractivity contribution in [1.82, 2.24) is 0 Å². The van der Waals surface area contributed by atoms with Gasteiger partial charge in [-0.15, -0.1) is 0 Å². The van der Waals surface area contributed by atoms with E-state index in [1.165, 1.54) is 12.5 Å². The molecule has 0 fully saturated rings. The Balaban J connectivity index is 3.84. The Kier molecular flexibility index (Phi) is 5.76. The minimum atomic E-state index is -0.685. The highest BCUT2D eigenvalue weighted by atomic mass is 28.2. The van der Waals surface area contributed by atoms with Gasteiger partial charge < -0.3 is 14.2 Å². The third-order valence-electron chi connectivity index (χ3n) is 1.77. The van der Waals surface area contributed by atoms with Gasteiger partial charge in [0, 0.05) is 21.3 Å². The number of hydrogen-bond acceptors (Lipinski definition) is 3. The van der Waals surface area contributed by atoms with Crippen LogP contribution in [-0.2, 0) is 14.2 Å². The zero-order chi connectivity index (χ0) is 8.74. The second kappa shape index (κ2) is 5.71. The fraction of sp³-hybridized carbons (Fsp3) is 1.00. The average Bonchev–Trinajstić information content (AvgIpc) is 2.08. The molecular formula is C7H18O3Si. The van der Waals surface area contributed by atoms with Gasteiger partial charge in [0.2, 0.25) is 5.60 Å². The van der Waals surface area contributed by atoms with Crippen LogP contribution in [0.4, 0.5) is 0 Å². The second-order valence-electron chi connectivity index (χ2n) is 2.40. The standard InChI is InChI=1S/C7H18O3Si/c1-5-6-11-7(8-2,9-3)10-4/h5-6,11H2,1-4H3. The Morgan fingerprint density at radius 3 is 1.82 bits per heavy atom. The second-order valence-corrected chi connectivity index (χ2v) is 4.47. The van der Waals surface area contributed by atoms with Crippen molar-refractivity contribution in [2.75, 3.05) is 21.3 Å². The lowest BCUT2D eigenvalue weighted by Gasteiger charge is -2.28. The highest BCUT2D eigenvalue weighted by Gasteiger charge is 2.27. The van der Waals surface area contributed by atoms with Crippen LogP contribution in [0, 0.1) is 0 Å². The first-order chi connectivity index (χ1) is 5.24. The zero-order valence-corrected chi connectivity index (χ0v) is 9.26. The maximum atomic E-state index is 5.16. The van der Waals surface area contributed by atoms with E-state index < -0.39 is 15.1 Å². The molecule has 0 saturated carbocycles. The van der Waals surface area contributed by atoms with Gasteiger partial charge >= 0.3 is 0 Å². The minimum Gasteiger partial charge on any atom is -0.335 e. The molecule has 4 heteroatoms. The summed E-state index contributed by atoms with van der Waals surface area (Å²) in [5.74, 6) is 0. The molecule has 0 N–H and O–H groups in total. The van der Waals surface area contributed by atoms with Crippen molar-refractivity contribution in [3.8, 4) is 0 Å². The predicted octanol–water partition coefficient (Wildman–Crippen LogP) is 0.534. The lowest BCUT2D eigenvalue weighted by atomic mass is 10.6. The van der Waals surface area contributed by atoms with Crippen LogP contribution >= 0.6 is 0 Å². The van der Waals surface area contributed by atoms with E-state index in [1.807, 2.05) is 0 Å². The summed E-state index contributed by atoms with van der Waals surface area (Å²) in [5, 5.41) is 0. The molecule has 68 valence electrons. The van der Waals surface area contributed by atoms with E-state index in [9.17, 15) is 0 Å². The molecule has 3 nitrogen and oxygen atoms in total. The fourth-order valence-corrected chi connectivity index (χ4v) is 2.35. The Labute approximate surface area is 70.8 Å². The van der Waals surface area contributed by atoms with Gasteiger partial charge in [0.15, 0.2) is 0 Å². The van der Waals surface area contributed by atoms with Crippen LogP contribution in [0.1, 0.15) is 13.3 Å². The molecule has 0 aliphatic carbocycles. The molecule has 0 unspecified atom stereocenters. The lowest BCUT2D eigenvalue weighted by Crippen LogP contribution is -2.42. The predicted molar refractivity (Wildman–Crippen MR) is 47.4 cm³/mol.